The molecule has 0 radical (unpaired) electrons. The number of ether oxygens (including phenoxy) is 3. The summed E-state index contributed by atoms with van der Waals surface area (Å²) in [5, 5.41) is 11.9. The molecule has 0 saturated carbocycles. The molecule has 8 nitrogen and oxygen atoms in total. The van der Waals surface area contributed by atoms with Gasteiger partial charge in [0.25, 0.3) is 5.78 Å². The fraction of sp³-hybridized carbons (Fsp3) is 0.303. The molecule has 0 bridgehead atoms. The summed E-state index contributed by atoms with van der Waals surface area (Å²) >= 11 is 1.28. The van der Waals surface area contributed by atoms with Crippen LogP contribution in [-0.2, 0) is 9.59 Å². The number of hydrogen-bond acceptors (Lipinski definition) is 8. The fourth-order valence-electron chi connectivity index (χ4n) is 4.87. The predicted octanol–water partition coefficient (Wildman–Crippen LogP) is 7.29. The molecule has 3 aromatic carbocycles. The zero-order chi connectivity index (χ0) is 29.6. The van der Waals surface area contributed by atoms with Crippen LogP contribution in [0.3, 0.4) is 0 Å². The van der Waals surface area contributed by atoms with Crippen molar-refractivity contribution in [2.45, 2.75) is 45.6 Å². The highest BCUT2D eigenvalue weighted by Crippen LogP contribution is 2.45. The maximum Gasteiger partial charge on any atom is 0.301 e. The Hall–Kier alpha value is -4.37. The van der Waals surface area contributed by atoms with Gasteiger partial charge in [0.2, 0.25) is 0 Å². The van der Waals surface area contributed by atoms with Gasteiger partial charge in [-0.05, 0) is 60.9 Å². The molecule has 1 aliphatic rings. The zero-order valence-corrected chi connectivity index (χ0v) is 24.8. The number of Topliss-reactive ketones (excluding diaryl/α,β-unsaturated/α-hetero) is 1. The van der Waals surface area contributed by atoms with E-state index < -0.39 is 17.7 Å². The molecule has 9 heteroatoms. The molecule has 0 spiro atoms. The summed E-state index contributed by atoms with van der Waals surface area (Å²) < 4.78 is 17.8. The van der Waals surface area contributed by atoms with Gasteiger partial charge < -0.3 is 19.3 Å². The molecule has 0 aliphatic carbocycles. The van der Waals surface area contributed by atoms with Crippen molar-refractivity contribution in [3.63, 3.8) is 0 Å². The van der Waals surface area contributed by atoms with Gasteiger partial charge in [0, 0.05) is 5.56 Å². The van der Waals surface area contributed by atoms with Crippen LogP contribution in [0.1, 0.15) is 56.7 Å². The summed E-state index contributed by atoms with van der Waals surface area (Å²) in [4.78, 5) is 33.3. The van der Waals surface area contributed by atoms with Gasteiger partial charge >= 0.3 is 5.91 Å². The SMILES string of the molecule is CCCCCOc1ccc(C2/C(=C(\O)c3cccc(OCCC)c3)C(=O)C(=O)N2c2nc3ccc(OC)cc3s2)cc1. The number of thiazole rings is 1. The van der Waals surface area contributed by atoms with E-state index in [1.54, 1.807) is 37.4 Å². The lowest BCUT2D eigenvalue weighted by molar-refractivity contribution is -0.132. The Balaban J connectivity index is 1.59. The van der Waals surface area contributed by atoms with E-state index in [1.165, 1.54) is 16.2 Å². The number of methoxy groups -OCH3 is 1. The van der Waals surface area contributed by atoms with Crippen LogP contribution in [-0.4, -0.2) is 42.1 Å². The number of carbonyl (C=O) groups is 2. The van der Waals surface area contributed by atoms with Gasteiger partial charge in [-0.3, -0.25) is 14.5 Å². The van der Waals surface area contributed by atoms with E-state index in [0.29, 0.717) is 52.2 Å². The zero-order valence-electron chi connectivity index (χ0n) is 24.0. The van der Waals surface area contributed by atoms with Crippen molar-refractivity contribution in [3.05, 3.63) is 83.4 Å². The lowest BCUT2D eigenvalue weighted by atomic mass is 9.95. The number of aliphatic hydroxyl groups excluding tert-OH is 1. The molecule has 1 amide bonds. The second-order valence-electron chi connectivity index (χ2n) is 10.0. The number of rotatable bonds is 12. The van der Waals surface area contributed by atoms with Crippen molar-refractivity contribution in [2.75, 3.05) is 25.2 Å². The van der Waals surface area contributed by atoms with E-state index in [-0.39, 0.29) is 11.3 Å². The molecular formula is C33H34N2O6S. The first kappa shape index (κ1) is 29.1. The smallest absolute Gasteiger partial charge is 0.301 e. The molecular weight excluding hydrogens is 552 g/mol. The van der Waals surface area contributed by atoms with E-state index in [2.05, 4.69) is 11.9 Å². The molecule has 5 rings (SSSR count). The van der Waals surface area contributed by atoms with Crippen molar-refractivity contribution >= 4 is 44.1 Å². The maximum atomic E-state index is 13.6. The van der Waals surface area contributed by atoms with Gasteiger partial charge in [0.1, 0.15) is 23.0 Å². The van der Waals surface area contributed by atoms with Crippen LogP contribution >= 0.6 is 11.3 Å². The normalized spacial score (nSPS) is 16.3. The molecule has 42 heavy (non-hydrogen) atoms. The minimum absolute atomic E-state index is 0.0129. The molecule has 1 aromatic heterocycles. The second kappa shape index (κ2) is 13.1. The van der Waals surface area contributed by atoms with Crippen LogP contribution in [0.25, 0.3) is 16.0 Å². The summed E-state index contributed by atoms with van der Waals surface area (Å²) in [5.41, 5.74) is 1.69. The number of aliphatic hydroxyl groups is 1. The number of ketones is 1. The minimum Gasteiger partial charge on any atom is -0.507 e. The summed E-state index contributed by atoms with van der Waals surface area (Å²) in [5.74, 6) is 0.109. The Bertz CT molecular complexity index is 1610. The Morgan fingerprint density at radius 3 is 2.40 bits per heavy atom. The van der Waals surface area contributed by atoms with Crippen molar-refractivity contribution in [1.29, 1.82) is 0 Å². The Morgan fingerprint density at radius 1 is 0.905 bits per heavy atom. The van der Waals surface area contributed by atoms with Crippen LogP contribution in [0, 0.1) is 0 Å². The number of carbonyl (C=O) groups excluding carboxylic acids is 2. The van der Waals surface area contributed by atoms with E-state index >= 15 is 0 Å². The highest BCUT2D eigenvalue weighted by molar-refractivity contribution is 7.22. The van der Waals surface area contributed by atoms with E-state index in [1.807, 2.05) is 43.3 Å². The lowest BCUT2D eigenvalue weighted by Gasteiger charge is -2.23. The number of hydrogen-bond donors (Lipinski definition) is 1. The van der Waals surface area contributed by atoms with Crippen LogP contribution < -0.4 is 19.1 Å². The van der Waals surface area contributed by atoms with E-state index in [4.69, 9.17) is 14.2 Å². The highest BCUT2D eigenvalue weighted by atomic mass is 32.1. The third kappa shape index (κ3) is 5.97. The molecule has 2 heterocycles. The number of nitrogens with zero attached hydrogens (tertiary/aromatic N) is 2. The average Bonchev–Trinajstić information content (AvgIpc) is 3.55. The average molecular weight is 587 g/mol. The van der Waals surface area contributed by atoms with Gasteiger partial charge in [-0.1, -0.05) is 62.3 Å². The van der Waals surface area contributed by atoms with Crippen LogP contribution in [0.4, 0.5) is 5.13 Å². The molecule has 1 saturated heterocycles. The van der Waals surface area contributed by atoms with Crippen molar-refractivity contribution < 1.29 is 28.9 Å². The van der Waals surface area contributed by atoms with Crippen LogP contribution in [0.15, 0.2) is 72.3 Å². The maximum absolute atomic E-state index is 13.6. The molecule has 1 atom stereocenters. The monoisotopic (exact) mass is 586 g/mol. The first-order valence-electron chi connectivity index (χ1n) is 14.2. The molecule has 1 N–H and O–H groups in total. The number of amides is 1. The number of aromatic nitrogens is 1. The summed E-state index contributed by atoms with van der Waals surface area (Å²) in [6, 6.07) is 18.7. The quantitative estimate of drug-likeness (QED) is 0.0806. The van der Waals surface area contributed by atoms with Gasteiger partial charge in [-0.25, -0.2) is 4.98 Å². The predicted molar refractivity (Wildman–Crippen MR) is 165 cm³/mol. The molecule has 218 valence electrons. The largest absolute Gasteiger partial charge is 0.507 e. The molecule has 4 aromatic rings. The minimum atomic E-state index is -0.901. The van der Waals surface area contributed by atoms with E-state index in [9.17, 15) is 14.7 Å². The third-order valence-corrected chi connectivity index (χ3v) is 8.05. The van der Waals surface area contributed by atoms with E-state index in [0.717, 1.165) is 30.4 Å². The fourth-order valence-corrected chi connectivity index (χ4v) is 5.89. The molecule has 1 unspecified atom stereocenters. The highest BCUT2D eigenvalue weighted by Gasteiger charge is 2.48. The number of fused-ring (bicyclic) bond motifs is 1. The topological polar surface area (TPSA) is 98.2 Å². The summed E-state index contributed by atoms with van der Waals surface area (Å²) in [6.07, 6.45) is 3.98. The number of unbranched alkanes of at least 4 members (excludes halogenated alkanes) is 2. The van der Waals surface area contributed by atoms with Crippen LogP contribution in [0.5, 0.6) is 17.2 Å². The third-order valence-electron chi connectivity index (χ3n) is 7.03. The van der Waals surface area contributed by atoms with Crippen LogP contribution in [0.2, 0.25) is 0 Å². The standard InChI is InChI=1S/C33H34N2O6S/c1-4-6-7-18-41-23-13-11-21(12-14-23)29-28(30(36)22-9-8-10-25(19-22)40-17-5-2)31(37)32(38)35(29)33-34-26-16-15-24(39-3)20-27(26)42-33/h8-16,19-20,29,36H,4-7,17-18H2,1-3H3/b30-28+. The number of anilines is 1. The van der Waals surface area contributed by atoms with Gasteiger partial charge in [0.05, 0.1) is 42.2 Å². The molecule has 1 fully saturated rings. The Kier molecular flexibility index (Phi) is 9.07. The van der Waals surface area contributed by atoms with Crippen molar-refractivity contribution in [2.24, 2.45) is 0 Å². The number of benzene rings is 3. The summed E-state index contributed by atoms with van der Waals surface area (Å²) in [6.45, 7) is 5.27. The van der Waals surface area contributed by atoms with Gasteiger partial charge in [0.15, 0.2) is 5.13 Å². The van der Waals surface area contributed by atoms with Crippen molar-refractivity contribution in [1.82, 2.24) is 4.98 Å². The molecule has 1 aliphatic heterocycles. The van der Waals surface area contributed by atoms with Gasteiger partial charge in [-0.2, -0.15) is 0 Å². The Morgan fingerprint density at radius 2 is 1.67 bits per heavy atom. The van der Waals surface area contributed by atoms with Gasteiger partial charge in [-0.15, -0.1) is 0 Å². The summed E-state index contributed by atoms with van der Waals surface area (Å²) in [7, 11) is 1.58. The first-order chi connectivity index (χ1) is 20.4. The first-order valence-corrected chi connectivity index (χ1v) is 15.0. The lowest BCUT2D eigenvalue weighted by Crippen LogP contribution is -2.29. The Labute approximate surface area is 249 Å². The second-order valence-corrected chi connectivity index (χ2v) is 11.0. The van der Waals surface area contributed by atoms with Crippen molar-refractivity contribution in [3.8, 4) is 17.2 Å².